The normalized spacial score (nSPS) is 25.8. The number of carbonyl (C=O) groups is 1. The molecule has 2 aliphatic rings. The first-order chi connectivity index (χ1) is 8.48. The first-order valence-corrected chi connectivity index (χ1v) is 8.54. The molecule has 0 aliphatic carbocycles. The summed E-state index contributed by atoms with van der Waals surface area (Å²) in [6.45, 7) is 4.75. The van der Waals surface area contributed by atoms with Crippen molar-refractivity contribution in [2.24, 2.45) is 5.92 Å². The molecule has 18 heavy (non-hydrogen) atoms. The highest BCUT2D eigenvalue weighted by atomic mass is 32.2. The fourth-order valence-electron chi connectivity index (χ4n) is 2.53. The molecule has 0 bridgehead atoms. The van der Waals surface area contributed by atoms with E-state index < -0.39 is 9.84 Å². The summed E-state index contributed by atoms with van der Waals surface area (Å²) >= 11 is 0. The summed E-state index contributed by atoms with van der Waals surface area (Å²) in [6.07, 6.45) is 2.67. The van der Waals surface area contributed by atoms with Crippen LogP contribution in [0.4, 0.5) is 4.79 Å². The quantitative estimate of drug-likeness (QED) is 0.661. The first-order valence-electron chi connectivity index (χ1n) is 6.72. The number of hydrogen-bond acceptors (Lipinski definition) is 3. The van der Waals surface area contributed by atoms with E-state index in [9.17, 15) is 13.2 Å². The zero-order valence-electron chi connectivity index (χ0n) is 11.0. The number of rotatable bonds is 0. The molecule has 0 spiro atoms. The summed E-state index contributed by atoms with van der Waals surface area (Å²) in [5.74, 6) is 1.02. The average molecular weight is 274 g/mol. The van der Waals surface area contributed by atoms with Crippen LogP contribution < -0.4 is 0 Å². The van der Waals surface area contributed by atoms with Gasteiger partial charge >= 0.3 is 6.03 Å². The van der Waals surface area contributed by atoms with Crippen molar-refractivity contribution in [3.05, 3.63) is 0 Å². The molecule has 104 valence electrons. The molecular formula is C12H22N2O3S. The maximum atomic E-state index is 12.3. The number of likely N-dealkylation sites (tertiary alicyclic amines) is 1. The van der Waals surface area contributed by atoms with Crippen LogP contribution in [0.5, 0.6) is 0 Å². The van der Waals surface area contributed by atoms with E-state index in [1.807, 2.05) is 4.90 Å². The number of carbonyl (C=O) groups excluding carboxylic acids is 1. The standard InChI is InChI=1S/C12H22N2O3S/c1-11-3-6-14(7-4-11)12(15)13-5-2-9-18(16,17)10-8-13/h11H,2-10H2,1H3. The lowest BCUT2D eigenvalue weighted by Gasteiger charge is -2.34. The SMILES string of the molecule is CC1CCN(C(=O)N2CCCS(=O)(=O)CC2)CC1. The van der Waals surface area contributed by atoms with Crippen molar-refractivity contribution in [2.75, 3.05) is 37.7 Å². The lowest BCUT2D eigenvalue weighted by Crippen LogP contribution is -2.47. The van der Waals surface area contributed by atoms with Crippen LogP contribution in [0.25, 0.3) is 0 Å². The largest absolute Gasteiger partial charge is 0.325 e. The van der Waals surface area contributed by atoms with Gasteiger partial charge in [-0.25, -0.2) is 13.2 Å². The maximum Gasteiger partial charge on any atom is 0.320 e. The molecule has 2 aliphatic heterocycles. The smallest absolute Gasteiger partial charge is 0.320 e. The van der Waals surface area contributed by atoms with Gasteiger partial charge in [0.05, 0.1) is 11.5 Å². The van der Waals surface area contributed by atoms with Crippen LogP contribution in [0.1, 0.15) is 26.2 Å². The van der Waals surface area contributed by atoms with Crippen LogP contribution >= 0.6 is 0 Å². The molecule has 0 aromatic carbocycles. The van der Waals surface area contributed by atoms with Gasteiger partial charge in [0.2, 0.25) is 0 Å². The third kappa shape index (κ3) is 3.37. The molecule has 0 radical (unpaired) electrons. The van der Waals surface area contributed by atoms with Gasteiger partial charge in [-0.15, -0.1) is 0 Å². The average Bonchev–Trinajstić information content (AvgIpc) is 2.50. The van der Waals surface area contributed by atoms with Gasteiger partial charge in [0, 0.05) is 26.2 Å². The minimum Gasteiger partial charge on any atom is -0.325 e. The van der Waals surface area contributed by atoms with Gasteiger partial charge in [-0.3, -0.25) is 0 Å². The third-order valence-corrected chi connectivity index (χ3v) is 5.60. The number of nitrogens with zero attached hydrogens (tertiary/aromatic N) is 2. The predicted molar refractivity (Wildman–Crippen MR) is 70.2 cm³/mol. The van der Waals surface area contributed by atoms with Crippen LogP contribution in [0.15, 0.2) is 0 Å². The fourth-order valence-corrected chi connectivity index (χ4v) is 3.80. The fraction of sp³-hybridized carbons (Fsp3) is 0.917. The molecule has 2 amide bonds. The highest BCUT2D eigenvalue weighted by molar-refractivity contribution is 7.91. The Morgan fingerprint density at radius 3 is 2.28 bits per heavy atom. The number of urea groups is 1. The highest BCUT2D eigenvalue weighted by Gasteiger charge is 2.27. The van der Waals surface area contributed by atoms with E-state index in [0.717, 1.165) is 25.9 Å². The zero-order chi connectivity index (χ0) is 13.2. The van der Waals surface area contributed by atoms with E-state index in [-0.39, 0.29) is 17.5 Å². The second-order valence-corrected chi connectivity index (χ2v) is 7.75. The van der Waals surface area contributed by atoms with Gasteiger partial charge in [-0.1, -0.05) is 6.92 Å². The summed E-state index contributed by atoms with van der Waals surface area (Å²) < 4.78 is 23.0. The molecule has 0 saturated carbocycles. The van der Waals surface area contributed by atoms with E-state index in [1.54, 1.807) is 4.90 Å². The zero-order valence-corrected chi connectivity index (χ0v) is 11.8. The Labute approximate surface area is 109 Å². The Morgan fingerprint density at radius 2 is 1.61 bits per heavy atom. The van der Waals surface area contributed by atoms with Crippen molar-refractivity contribution in [1.29, 1.82) is 0 Å². The number of sulfone groups is 1. The Bertz CT molecular complexity index is 400. The van der Waals surface area contributed by atoms with Crippen molar-refractivity contribution in [2.45, 2.75) is 26.2 Å². The summed E-state index contributed by atoms with van der Waals surface area (Å²) in [5.41, 5.74) is 0. The van der Waals surface area contributed by atoms with Gasteiger partial charge in [0.15, 0.2) is 9.84 Å². The Balaban J connectivity index is 1.93. The van der Waals surface area contributed by atoms with Gasteiger partial charge in [-0.05, 0) is 25.2 Å². The minimum atomic E-state index is -2.94. The molecule has 0 atom stereocenters. The number of hydrogen-bond donors (Lipinski definition) is 0. The van der Waals surface area contributed by atoms with Crippen LogP contribution in [0.3, 0.4) is 0 Å². The van der Waals surface area contributed by atoms with Crippen LogP contribution in [0, 0.1) is 5.92 Å². The molecule has 6 heteroatoms. The van der Waals surface area contributed by atoms with Crippen LogP contribution in [0.2, 0.25) is 0 Å². The minimum absolute atomic E-state index is 0.0269. The van der Waals surface area contributed by atoms with Gasteiger partial charge in [0.1, 0.15) is 0 Å². The van der Waals surface area contributed by atoms with Crippen molar-refractivity contribution in [3.63, 3.8) is 0 Å². The summed E-state index contributed by atoms with van der Waals surface area (Å²) in [7, 11) is -2.94. The molecule has 0 N–H and O–H groups in total. The monoisotopic (exact) mass is 274 g/mol. The lowest BCUT2D eigenvalue weighted by atomic mass is 9.99. The summed E-state index contributed by atoms with van der Waals surface area (Å²) in [6, 6.07) is 0.0269. The van der Waals surface area contributed by atoms with Gasteiger partial charge in [-0.2, -0.15) is 0 Å². The second-order valence-electron chi connectivity index (χ2n) is 5.44. The predicted octanol–water partition coefficient (Wildman–Crippen LogP) is 0.959. The molecular weight excluding hydrogens is 252 g/mol. The van der Waals surface area contributed by atoms with Crippen LogP contribution in [-0.4, -0.2) is 61.9 Å². The van der Waals surface area contributed by atoms with Crippen molar-refractivity contribution < 1.29 is 13.2 Å². The second kappa shape index (κ2) is 5.47. The Morgan fingerprint density at radius 1 is 1.00 bits per heavy atom. The van der Waals surface area contributed by atoms with E-state index >= 15 is 0 Å². The molecule has 2 heterocycles. The molecule has 2 rings (SSSR count). The molecule has 5 nitrogen and oxygen atoms in total. The van der Waals surface area contributed by atoms with Crippen molar-refractivity contribution >= 4 is 15.9 Å². The summed E-state index contributed by atoms with van der Waals surface area (Å²) in [4.78, 5) is 15.9. The first kappa shape index (κ1) is 13.6. The highest BCUT2D eigenvalue weighted by Crippen LogP contribution is 2.18. The third-order valence-electron chi connectivity index (χ3n) is 3.88. The van der Waals surface area contributed by atoms with E-state index in [1.165, 1.54) is 0 Å². The molecule has 2 saturated heterocycles. The molecule has 0 aromatic rings. The van der Waals surface area contributed by atoms with E-state index in [4.69, 9.17) is 0 Å². The van der Waals surface area contributed by atoms with E-state index in [2.05, 4.69) is 6.92 Å². The van der Waals surface area contributed by atoms with Crippen molar-refractivity contribution in [1.82, 2.24) is 9.80 Å². The Hall–Kier alpha value is -0.780. The lowest BCUT2D eigenvalue weighted by molar-refractivity contribution is 0.137. The molecule has 0 unspecified atom stereocenters. The summed E-state index contributed by atoms with van der Waals surface area (Å²) in [5, 5.41) is 0. The van der Waals surface area contributed by atoms with E-state index in [0.29, 0.717) is 25.4 Å². The van der Waals surface area contributed by atoms with Gasteiger partial charge < -0.3 is 9.80 Å². The van der Waals surface area contributed by atoms with Crippen molar-refractivity contribution in [3.8, 4) is 0 Å². The van der Waals surface area contributed by atoms with Gasteiger partial charge in [0.25, 0.3) is 0 Å². The topological polar surface area (TPSA) is 57.7 Å². The molecule has 2 fully saturated rings. The molecule has 0 aromatic heterocycles. The van der Waals surface area contributed by atoms with Crippen LogP contribution in [-0.2, 0) is 9.84 Å². The maximum absolute atomic E-state index is 12.3. The Kier molecular flexibility index (Phi) is 4.14. The number of piperidine rings is 1. The number of amides is 2.